The van der Waals surface area contributed by atoms with Crippen LogP contribution in [0.25, 0.3) is 5.65 Å². The van der Waals surface area contributed by atoms with Crippen LogP contribution in [0.3, 0.4) is 0 Å². The molecule has 1 N–H and O–H groups in total. The lowest BCUT2D eigenvalue weighted by atomic mass is 9.97. The van der Waals surface area contributed by atoms with Crippen molar-refractivity contribution in [1.29, 1.82) is 0 Å². The fourth-order valence-corrected chi connectivity index (χ4v) is 3.33. The topological polar surface area (TPSA) is 88.3 Å². The molecule has 0 radical (unpaired) electrons. The zero-order chi connectivity index (χ0) is 17.8. The van der Waals surface area contributed by atoms with Gasteiger partial charge in [-0.2, -0.15) is 0 Å². The minimum atomic E-state index is -0.0223. The zero-order valence-electron chi connectivity index (χ0n) is 14.5. The number of rotatable bonds is 5. The zero-order valence-corrected chi connectivity index (χ0v) is 14.5. The predicted octanol–water partition coefficient (Wildman–Crippen LogP) is 1.09. The Morgan fingerprint density at radius 1 is 1.19 bits per heavy atom. The molecule has 4 rings (SSSR count). The van der Waals surface area contributed by atoms with Gasteiger partial charge in [0.15, 0.2) is 11.5 Å². The molecule has 1 aromatic carbocycles. The number of aromatic nitrogens is 5. The van der Waals surface area contributed by atoms with Crippen molar-refractivity contribution in [2.24, 2.45) is 5.92 Å². The Hall–Kier alpha value is -3.03. The van der Waals surface area contributed by atoms with Gasteiger partial charge >= 0.3 is 0 Å². The monoisotopic (exact) mass is 351 g/mol. The smallest absolute Gasteiger partial charge is 0.224 e. The van der Waals surface area contributed by atoms with Crippen LogP contribution in [-0.4, -0.2) is 50.8 Å². The molecule has 0 aliphatic carbocycles. The van der Waals surface area contributed by atoms with Gasteiger partial charge in [0.25, 0.3) is 0 Å². The third-order valence-electron chi connectivity index (χ3n) is 4.73. The number of hydrogen-bond donors (Lipinski definition) is 1. The largest absolute Gasteiger partial charge is 0.355 e. The van der Waals surface area contributed by atoms with Gasteiger partial charge in [-0.15, -0.1) is 14.8 Å². The van der Waals surface area contributed by atoms with Crippen LogP contribution in [0.15, 0.2) is 42.5 Å². The Bertz CT molecular complexity index is 879. The first-order chi connectivity index (χ1) is 12.8. The van der Waals surface area contributed by atoms with E-state index in [9.17, 15) is 4.79 Å². The first-order valence-corrected chi connectivity index (χ1v) is 8.91. The Kier molecular flexibility index (Phi) is 4.72. The molecule has 134 valence electrons. The highest BCUT2D eigenvalue weighted by atomic mass is 16.1. The van der Waals surface area contributed by atoms with Gasteiger partial charge in [-0.1, -0.05) is 30.3 Å². The Balaban J connectivity index is 1.34. The van der Waals surface area contributed by atoms with Gasteiger partial charge in [0.2, 0.25) is 5.91 Å². The SMILES string of the molecule is O=C(NCCc1ccccc1)[C@@H]1CCCN(c2ccc3nnnn3n2)C1. The molecule has 1 fully saturated rings. The maximum absolute atomic E-state index is 12.5. The van der Waals surface area contributed by atoms with Gasteiger partial charge in [-0.05, 0) is 47.4 Å². The van der Waals surface area contributed by atoms with Crippen molar-refractivity contribution in [2.45, 2.75) is 19.3 Å². The maximum Gasteiger partial charge on any atom is 0.224 e. The van der Waals surface area contributed by atoms with E-state index >= 15 is 0 Å². The van der Waals surface area contributed by atoms with E-state index in [0.717, 1.165) is 31.6 Å². The summed E-state index contributed by atoms with van der Waals surface area (Å²) in [5.41, 5.74) is 1.85. The number of hydrogen-bond acceptors (Lipinski definition) is 6. The lowest BCUT2D eigenvalue weighted by Gasteiger charge is -2.32. The molecular formula is C18H21N7O. The highest BCUT2D eigenvalue weighted by Gasteiger charge is 2.26. The van der Waals surface area contributed by atoms with Gasteiger partial charge < -0.3 is 10.2 Å². The summed E-state index contributed by atoms with van der Waals surface area (Å²) in [5.74, 6) is 0.895. The third-order valence-corrected chi connectivity index (χ3v) is 4.73. The van der Waals surface area contributed by atoms with E-state index in [-0.39, 0.29) is 11.8 Å². The number of anilines is 1. The molecule has 3 aromatic rings. The highest BCUT2D eigenvalue weighted by molar-refractivity contribution is 5.79. The highest BCUT2D eigenvalue weighted by Crippen LogP contribution is 2.21. The normalized spacial score (nSPS) is 17.4. The number of piperidine rings is 1. The molecule has 0 spiro atoms. The Labute approximate surface area is 151 Å². The first-order valence-electron chi connectivity index (χ1n) is 8.91. The van der Waals surface area contributed by atoms with Crippen LogP contribution in [0, 0.1) is 5.92 Å². The van der Waals surface area contributed by atoms with Crippen molar-refractivity contribution in [3.63, 3.8) is 0 Å². The fourth-order valence-electron chi connectivity index (χ4n) is 3.33. The second-order valence-corrected chi connectivity index (χ2v) is 6.53. The summed E-state index contributed by atoms with van der Waals surface area (Å²) in [6.07, 6.45) is 2.72. The molecular weight excluding hydrogens is 330 g/mol. The van der Waals surface area contributed by atoms with Crippen molar-refractivity contribution in [2.75, 3.05) is 24.5 Å². The van der Waals surface area contributed by atoms with Gasteiger partial charge in [0.1, 0.15) is 0 Å². The standard InChI is InChI=1S/C18H21N7O/c26-18(19-11-10-14-5-2-1-3-6-14)15-7-4-12-24(13-15)17-9-8-16-20-22-23-25(16)21-17/h1-3,5-6,8-9,15H,4,7,10-13H2,(H,19,26)/t15-/m1/s1. The molecule has 1 aliphatic rings. The summed E-state index contributed by atoms with van der Waals surface area (Å²) in [6, 6.07) is 13.9. The van der Waals surface area contributed by atoms with Crippen LogP contribution in [-0.2, 0) is 11.2 Å². The van der Waals surface area contributed by atoms with Crippen LogP contribution in [0.5, 0.6) is 0 Å². The number of fused-ring (bicyclic) bond motifs is 1. The molecule has 8 heteroatoms. The second kappa shape index (κ2) is 7.47. The third kappa shape index (κ3) is 3.63. The van der Waals surface area contributed by atoms with Gasteiger partial charge in [-0.3, -0.25) is 4.79 Å². The quantitative estimate of drug-likeness (QED) is 0.740. The van der Waals surface area contributed by atoms with E-state index in [0.29, 0.717) is 18.7 Å². The summed E-state index contributed by atoms with van der Waals surface area (Å²) in [5, 5.41) is 18.8. The van der Waals surface area contributed by atoms with Crippen LogP contribution >= 0.6 is 0 Å². The molecule has 0 unspecified atom stereocenters. The van der Waals surface area contributed by atoms with E-state index in [1.807, 2.05) is 30.3 Å². The molecule has 0 bridgehead atoms. The van der Waals surface area contributed by atoms with E-state index in [2.05, 4.69) is 43.0 Å². The van der Waals surface area contributed by atoms with Crippen molar-refractivity contribution in [3.05, 3.63) is 48.0 Å². The lowest BCUT2D eigenvalue weighted by Crippen LogP contribution is -2.44. The molecule has 1 saturated heterocycles. The molecule has 1 aliphatic heterocycles. The van der Waals surface area contributed by atoms with E-state index in [1.165, 1.54) is 10.2 Å². The lowest BCUT2D eigenvalue weighted by molar-refractivity contribution is -0.125. The summed E-state index contributed by atoms with van der Waals surface area (Å²) >= 11 is 0. The van der Waals surface area contributed by atoms with Crippen LogP contribution in [0.2, 0.25) is 0 Å². The Morgan fingerprint density at radius 3 is 2.96 bits per heavy atom. The fraction of sp³-hybridized carbons (Fsp3) is 0.389. The predicted molar refractivity (Wildman–Crippen MR) is 96.7 cm³/mol. The number of amides is 1. The Morgan fingerprint density at radius 2 is 2.08 bits per heavy atom. The molecule has 8 nitrogen and oxygen atoms in total. The minimum Gasteiger partial charge on any atom is -0.355 e. The van der Waals surface area contributed by atoms with Gasteiger partial charge in [0.05, 0.1) is 5.92 Å². The average Bonchev–Trinajstić information content (AvgIpc) is 3.16. The number of nitrogens with zero attached hydrogens (tertiary/aromatic N) is 6. The molecule has 26 heavy (non-hydrogen) atoms. The van der Waals surface area contributed by atoms with Crippen LogP contribution < -0.4 is 10.2 Å². The van der Waals surface area contributed by atoms with Crippen molar-refractivity contribution >= 4 is 17.4 Å². The number of carbonyl (C=O) groups excluding carboxylic acids is 1. The van der Waals surface area contributed by atoms with E-state index in [1.54, 1.807) is 0 Å². The van der Waals surface area contributed by atoms with Gasteiger partial charge in [0, 0.05) is 19.6 Å². The maximum atomic E-state index is 12.5. The number of benzene rings is 1. The van der Waals surface area contributed by atoms with Gasteiger partial charge in [-0.25, -0.2) is 0 Å². The summed E-state index contributed by atoms with van der Waals surface area (Å²) in [7, 11) is 0. The van der Waals surface area contributed by atoms with Crippen LogP contribution in [0.1, 0.15) is 18.4 Å². The first kappa shape index (κ1) is 16.4. The summed E-state index contributed by atoms with van der Waals surface area (Å²) in [6.45, 7) is 2.21. The van der Waals surface area contributed by atoms with E-state index in [4.69, 9.17) is 0 Å². The van der Waals surface area contributed by atoms with Crippen molar-refractivity contribution in [1.82, 2.24) is 30.6 Å². The van der Waals surface area contributed by atoms with Crippen molar-refractivity contribution in [3.8, 4) is 0 Å². The number of tetrazole rings is 1. The van der Waals surface area contributed by atoms with Crippen LogP contribution in [0.4, 0.5) is 5.82 Å². The molecule has 0 saturated carbocycles. The molecule has 2 aromatic heterocycles. The molecule has 1 atom stereocenters. The van der Waals surface area contributed by atoms with Crippen molar-refractivity contribution < 1.29 is 4.79 Å². The molecule has 1 amide bonds. The minimum absolute atomic E-state index is 0.0223. The number of nitrogens with one attached hydrogen (secondary N) is 1. The molecule has 3 heterocycles. The average molecular weight is 351 g/mol. The second-order valence-electron chi connectivity index (χ2n) is 6.53. The summed E-state index contributed by atoms with van der Waals surface area (Å²) in [4.78, 5) is 14.7. The summed E-state index contributed by atoms with van der Waals surface area (Å²) < 4.78 is 1.42. The van der Waals surface area contributed by atoms with E-state index < -0.39 is 0 Å². The number of carbonyl (C=O) groups is 1.